The van der Waals surface area contributed by atoms with Crippen LogP contribution in [0.3, 0.4) is 0 Å². The maximum atomic E-state index is 3.10. The molecule has 0 aromatic heterocycles. The van der Waals surface area contributed by atoms with E-state index >= 15 is 0 Å². The van der Waals surface area contributed by atoms with Gasteiger partial charge in [0.25, 0.3) is 0 Å². The van der Waals surface area contributed by atoms with Crippen LogP contribution in [-0.2, 0) is 0 Å². The number of hydrogen-bond acceptors (Lipinski definition) is 0. The van der Waals surface area contributed by atoms with Crippen molar-refractivity contribution in [3.63, 3.8) is 0 Å². The fraction of sp³-hybridized carbons (Fsp3) is 1.00. The summed E-state index contributed by atoms with van der Waals surface area (Å²) in [6.45, 7) is 58.1. The maximum absolute atomic E-state index is 3.10. The van der Waals surface area contributed by atoms with Crippen LogP contribution in [-0.4, -0.2) is 0 Å². The van der Waals surface area contributed by atoms with Gasteiger partial charge in [0, 0.05) is 0 Å². The van der Waals surface area contributed by atoms with Crippen LogP contribution in [0.4, 0.5) is 0 Å². The maximum Gasteiger partial charge on any atom is -0.0174 e. The highest BCUT2D eigenvalue weighted by molar-refractivity contribution is 5.16. The second kappa shape index (κ2) is 37.7. The van der Waals surface area contributed by atoms with Crippen molar-refractivity contribution in [1.82, 2.24) is 0 Å². The Labute approximate surface area is 454 Å². The Kier molecular flexibility index (Phi) is 37.7. The molecule has 0 aromatic carbocycles. The summed E-state index contributed by atoms with van der Waals surface area (Å²) in [5, 5.41) is 0. The summed E-state index contributed by atoms with van der Waals surface area (Å²) in [5.74, 6) is 8.00. The molecule has 0 aliphatic heterocycles. The van der Waals surface area contributed by atoms with E-state index in [9.17, 15) is 0 Å². The van der Waals surface area contributed by atoms with Crippen LogP contribution in [0, 0.1) is 86.3 Å². The molecule has 0 spiro atoms. The van der Waals surface area contributed by atoms with Gasteiger partial charge in [-0.25, -0.2) is 0 Å². The van der Waals surface area contributed by atoms with E-state index in [1.54, 1.807) is 0 Å². The fourth-order valence-corrected chi connectivity index (χ4v) is 17.2. The Morgan fingerprint density at radius 2 is 0.859 bits per heavy atom. The van der Waals surface area contributed by atoms with E-state index in [0.717, 1.165) is 59.2 Å². The highest BCUT2D eigenvalue weighted by atomic mass is 14.7. The number of hydrogen-bond donors (Lipinski definition) is 0. The molecule has 0 rings (SSSR count). The second-order valence-corrected chi connectivity index (χ2v) is 27.4. The van der Waals surface area contributed by atoms with E-state index in [1.165, 1.54) is 218 Å². The van der Waals surface area contributed by atoms with Crippen LogP contribution >= 0.6 is 0 Å². The van der Waals surface area contributed by atoms with Gasteiger partial charge < -0.3 is 0 Å². The lowest BCUT2D eigenvalue weighted by Gasteiger charge is -2.71. The molecule has 0 fully saturated rings. The van der Waals surface area contributed by atoms with Crippen LogP contribution in [0.25, 0.3) is 0 Å². The van der Waals surface area contributed by atoms with Gasteiger partial charge >= 0.3 is 0 Å². The van der Waals surface area contributed by atoms with Gasteiger partial charge in [-0.05, 0) is 170 Å². The zero-order chi connectivity index (χ0) is 54.3. The van der Waals surface area contributed by atoms with Gasteiger partial charge in [0.1, 0.15) is 0 Å². The zero-order valence-corrected chi connectivity index (χ0v) is 54.3. The lowest BCUT2D eigenvalue weighted by molar-refractivity contribution is -0.225. The number of rotatable bonds is 48. The lowest BCUT2D eigenvalue weighted by Crippen LogP contribution is -2.64. The molecule has 428 valence electrons. The quantitative estimate of drug-likeness (QED) is 0.0570. The third-order valence-electron chi connectivity index (χ3n) is 23.0. The minimum atomic E-state index is 0.215. The van der Waals surface area contributed by atoms with Crippen molar-refractivity contribution in [2.24, 2.45) is 86.3 Å². The first kappa shape index (κ1) is 71.0. The first-order chi connectivity index (χ1) is 33.8. The summed E-state index contributed by atoms with van der Waals surface area (Å²) in [4.78, 5) is 0. The van der Waals surface area contributed by atoms with Gasteiger partial charge in [-0.2, -0.15) is 0 Å². The van der Waals surface area contributed by atoms with Gasteiger partial charge in [0.2, 0.25) is 0 Å². The van der Waals surface area contributed by atoms with Gasteiger partial charge in [0.05, 0.1) is 0 Å². The molecule has 0 saturated heterocycles. The Hall–Kier alpha value is 0. The molecule has 12 unspecified atom stereocenters. The molecule has 12 atom stereocenters. The van der Waals surface area contributed by atoms with Crippen molar-refractivity contribution >= 4 is 0 Å². The van der Waals surface area contributed by atoms with Crippen molar-refractivity contribution in [1.29, 1.82) is 0 Å². The Bertz CT molecular complexity index is 1220. The molecule has 0 nitrogen and oxygen atoms in total. The zero-order valence-electron chi connectivity index (χ0n) is 54.3. The molecule has 0 N–H and O–H groups in total. The fourth-order valence-electron chi connectivity index (χ4n) is 17.2. The minimum absolute atomic E-state index is 0.215. The molecular formula is C71H144. The third-order valence-corrected chi connectivity index (χ3v) is 23.0. The Morgan fingerprint density at radius 1 is 0.352 bits per heavy atom. The van der Waals surface area contributed by atoms with Crippen molar-refractivity contribution < 1.29 is 0 Å². The van der Waals surface area contributed by atoms with Crippen molar-refractivity contribution in [2.75, 3.05) is 0 Å². The topological polar surface area (TPSA) is 0 Å². The van der Waals surface area contributed by atoms with Crippen molar-refractivity contribution in [3.05, 3.63) is 0 Å². The van der Waals surface area contributed by atoms with Gasteiger partial charge in [-0.15, -0.1) is 0 Å². The van der Waals surface area contributed by atoms with Gasteiger partial charge in [0.15, 0.2) is 0 Å². The SMILES string of the molecule is CCCCC(CC)CC(CCC(CC)CCC)(C(C)(CCC(CC)CC)CC(CC)CCC)C(CCCC(CC)CC)(CC(C)(CC)CCC)C(C)(CC)C(CC(C)CC(C)CC)CC(C)C(CC)CC. The highest BCUT2D eigenvalue weighted by Gasteiger charge is 2.67. The summed E-state index contributed by atoms with van der Waals surface area (Å²) < 4.78 is 0. The monoisotopic (exact) mass is 997 g/mol. The minimum Gasteiger partial charge on any atom is -0.0654 e. The first-order valence-corrected chi connectivity index (χ1v) is 33.8. The van der Waals surface area contributed by atoms with E-state index in [0.29, 0.717) is 5.41 Å². The van der Waals surface area contributed by atoms with Gasteiger partial charge in [-0.3, -0.25) is 0 Å². The molecule has 0 radical (unpaired) electrons. The van der Waals surface area contributed by atoms with Crippen LogP contribution in [0.5, 0.6) is 0 Å². The normalized spacial score (nSPS) is 19.9. The van der Waals surface area contributed by atoms with Gasteiger partial charge in [-0.1, -0.05) is 287 Å². The van der Waals surface area contributed by atoms with E-state index in [2.05, 4.69) is 152 Å². The van der Waals surface area contributed by atoms with Crippen LogP contribution in [0.2, 0.25) is 0 Å². The second-order valence-electron chi connectivity index (χ2n) is 27.4. The van der Waals surface area contributed by atoms with E-state index in [4.69, 9.17) is 0 Å². The smallest absolute Gasteiger partial charge is 0.0174 e. The molecule has 0 heteroatoms. The molecule has 0 aliphatic rings. The first-order valence-electron chi connectivity index (χ1n) is 33.8. The molecule has 0 aliphatic carbocycles. The lowest BCUT2D eigenvalue weighted by atomic mass is 9.33. The summed E-state index contributed by atoms with van der Waals surface area (Å²) in [6.07, 6.45) is 47.2. The molecule has 0 amide bonds. The summed E-state index contributed by atoms with van der Waals surface area (Å²) in [6, 6.07) is 0. The predicted octanol–water partition coefficient (Wildman–Crippen LogP) is 25.8. The highest BCUT2D eigenvalue weighted by Crippen LogP contribution is 2.76. The van der Waals surface area contributed by atoms with Crippen LogP contribution < -0.4 is 0 Å². The average molecular weight is 998 g/mol. The summed E-state index contributed by atoms with van der Waals surface area (Å²) in [7, 11) is 0. The van der Waals surface area contributed by atoms with E-state index in [-0.39, 0.29) is 21.7 Å². The predicted molar refractivity (Wildman–Crippen MR) is 329 cm³/mol. The Balaban J connectivity index is 10.3. The van der Waals surface area contributed by atoms with Crippen LogP contribution in [0.15, 0.2) is 0 Å². The standard InChI is InChI=1S/C71H144/c1-23-39-43-64(34-12)55-70(50-46-62(32-10)41-24-2,68(21,49-45-61(30-8)31-9)54-63(33-11)42-25-3)71(48-40-44-60(28-6)29-7,56-67(20,37-15)47-26-4)69(22,38-16)66(52-58(18)51-57(17)27-5)53-59(19)65(35-13)36-14/h57-66H,23-56H2,1-22H3. The number of unbranched alkanes of at least 4 members (excludes halogenated alkanes) is 1. The molecular weight excluding hydrogens is 853 g/mol. The van der Waals surface area contributed by atoms with E-state index < -0.39 is 0 Å². The summed E-state index contributed by atoms with van der Waals surface area (Å²) in [5.41, 5.74) is 1.25. The summed E-state index contributed by atoms with van der Waals surface area (Å²) >= 11 is 0. The van der Waals surface area contributed by atoms with Crippen molar-refractivity contribution in [3.8, 4) is 0 Å². The van der Waals surface area contributed by atoms with E-state index in [1.807, 2.05) is 0 Å². The molecule has 71 heavy (non-hydrogen) atoms. The van der Waals surface area contributed by atoms with Crippen LogP contribution in [0.1, 0.15) is 371 Å². The Morgan fingerprint density at radius 3 is 1.32 bits per heavy atom. The molecule has 0 saturated carbocycles. The molecule has 0 heterocycles. The largest absolute Gasteiger partial charge is 0.0654 e. The van der Waals surface area contributed by atoms with Crippen molar-refractivity contribution in [2.45, 2.75) is 371 Å². The third kappa shape index (κ3) is 21.1. The average Bonchev–Trinajstić information content (AvgIpc) is 3.36. The molecule has 0 bridgehead atoms. The molecule has 0 aromatic rings.